The molecule has 0 spiro atoms. The van der Waals surface area contributed by atoms with Crippen LogP contribution >= 0.6 is 12.4 Å². The highest BCUT2D eigenvalue weighted by Crippen LogP contribution is 2.18. The van der Waals surface area contributed by atoms with Crippen molar-refractivity contribution in [2.45, 2.75) is 51.9 Å². The molecular formula is C24H32ClN3O3. The molecule has 0 fully saturated rings. The summed E-state index contributed by atoms with van der Waals surface area (Å²) in [6.07, 6.45) is 1.20. The Bertz CT molecular complexity index is 888. The maximum absolute atomic E-state index is 12.9. The Kier molecular flexibility index (Phi) is 9.34. The molecule has 31 heavy (non-hydrogen) atoms. The van der Waals surface area contributed by atoms with Gasteiger partial charge in [0, 0.05) is 18.7 Å². The summed E-state index contributed by atoms with van der Waals surface area (Å²) in [6.45, 7) is 5.09. The summed E-state index contributed by atoms with van der Waals surface area (Å²) < 4.78 is 5.35. The Morgan fingerprint density at radius 2 is 1.77 bits per heavy atom. The number of hydrogen-bond donors (Lipinski definition) is 3. The molecule has 0 aliphatic carbocycles. The second-order valence-electron chi connectivity index (χ2n) is 8.13. The minimum atomic E-state index is -0.578. The summed E-state index contributed by atoms with van der Waals surface area (Å²) in [7, 11) is 1.61. The SMILES string of the molecule is COc1ccccc1CNC(=O)C(CC(C)C)NC(=O)C1Cc2ccccc2CN1.Cl. The lowest BCUT2D eigenvalue weighted by Gasteiger charge is -2.28. The molecule has 0 saturated carbocycles. The Morgan fingerprint density at radius 3 is 2.48 bits per heavy atom. The number of rotatable bonds is 8. The predicted octanol–water partition coefficient (Wildman–Crippen LogP) is 2.98. The van der Waals surface area contributed by atoms with Gasteiger partial charge in [-0.25, -0.2) is 0 Å². The fourth-order valence-corrected chi connectivity index (χ4v) is 3.77. The maximum Gasteiger partial charge on any atom is 0.242 e. The van der Waals surface area contributed by atoms with Crippen molar-refractivity contribution in [3.05, 3.63) is 65.2 Å². The summed E-state index contributed by atoms with van der Waals surface area (Å²) in [5.41, 5.74) is 3.29. The van der Waals surface area contributed by atoms with E-state index in [1.165, 1.54) is 11.1 Å². The first kappa shape index (κ1) is 24.7. The smallest absolute Gasteiger partial charge is 0.242 e. The van der Waals surface area contributed by atoms with E-state index in [1.54, 1.807) is 7.11 Å². The maximum atomic E-state index is 12.9. The molecule has 168 valence electrons. The molecule has 1 aliphatic rings. The third-order valence-electron chi connectivity index (χ3n) is 5.38. The lowest BCUT2D eigenvalue weighted by atomic mass is 9.95. The van der Waals surface area contributed by atoms with Gasteiger partial charge in [-0.05, 0) is 36.0 Å². The van der Waals surface area contributed by atoms with E-state index in [0.29, 0.717) is 25.9 Å². The first-order chi connectivity index (χ1) is 14.5. The number of ether oxygens (including phenoxy) is 1. The second-order valence-corrected chi connectivity index (χ2v) is 8.13. The topological polar surface area (TPSA) is 79.5 Å². The monoisotopic (exact) mass is 445 g/mol. The lowest BCUT2D eigenvalue weighted by Crippen LogP contribution is -2.54. The van der Waals surface area contributed by atoms with E-state index in [0.717, 1.165) is 11.3 Å². The number of carbonyl (C=O) groups is 2. The Hall–Kier alpha value is -2.57. The average Bonchev–Trinajstić information content (AvgIpc) is 2.76. The van der Waals surface area contributed by atoms with E-state index in [1.807, 2.05) is 50.2 Å². The van der Waals surface area contributed by atoms with Crippen molar-refractivity contribution in [1.29, 1.82) is 0 Å². The van der Waals surface area contributed by atoms with Gasteiger partial charge in [-0.15, -0.1) is 12.4 Å². The minimum Gasteiger partial charge on any atom is -0.496 e. The van der Waals surface area contributed by atoms with Crippen molar-refractivity contribution in [3.63, 3.8) is 0 Å². The zero-order valence-corrected chi connectivity index (χ0v) is 19.1. The number of methoxy groups -OCH3 is 1. The number of para-hydroxylation sites is 1. The van der Waals surface area contributed by atoms with Crippen LogP contribution in [0, 0.1) is 5.92 Å². The largest absolute Gasteiger partial charge is 0.496 e. The van der Waals surface area contributed by atoms with E-state index in [4.69, 9.17) is 4.74 Å². The van der Waals surface area contributed by atoms with Crippen LogP contribution in [0.4, 0.5) is 0 Å². The number of halogens is 1. The number of fused-ring (bicyclic) bond motifs is 1. The minimum absolute atomic E-state index is 0. The Morgan fingerprint density at radius 1 is 1.10 bits per heavy atom. The van der Waals surface area contributed by atoms with Crippen LogP contribution < -0.4 is 20.7 Å². The van der Waals surface area contributed by atoms with Crippen molar-refractivity contribution in [3.8, 4) is 5.75 Å². The Balaban J connectivity index is 0.00000341. The molecule has 3 rings (SSSR count). The number of amides is 2. The van der Waals surface area contributed by atoms with Crippen LogP contribution in [0.3, 0.4) is 0 Å². The van der Waals surface area contributed by atoms with Crippen LogP contribution in [0.5, 0.6) is 5.75 Å². The summed E-state index contributed by atoms with van der Waals surface area (Å²) in [5, 5.41) is 9.20. The molecule has 0 aromatic heterocycles. The van der Waals surface area contributed by atoms with E-state index in [9.17, 15) is 9.59 Å². The van der Waals surface area contributed by atoms with Gasteiger partial charge in [-0.3, -0.25) is 9.59 Å². The molecule has 0 radical (unpaired) electrons. The standard InChI is InChI=1S/C24H31N3O3.ClH/c1-16(2)12-21(23(28)26-15-19-10-6-7-11-22(19)30-3)27-24(29)20-13-17-8-4-5-9-18(17)14-25-20;/h4-11,16,20-21,25H,12-15H2,1-3H3,(H,26,28)(H,27,29);1H. The van der Waals surface area contributed by atoms with E-state index in [-0.39, 0.29) is 36.2 Å². The van der Waals surface area contributed by atoms with Gasteiger partial charge in [0.2, 0.25) is 11.8 Å². The molecule has 1 heterocycles. The predicted molar refractivity (Wildman–Crippen MR) is 124 cm³/mol. The van der Waals surface area contributed by atoms with Gasteiger partial charge < -0.3 is 20.7 Å². The van der Waals surface area contributed by atoms with Crippen LogP contribution in [0.15, 0.2) is 48.5 Å². The summed E-state index contributed by atoms with van der Waals surface area (Å²) in [6, 6.07) is 14.8. The van der Waals surface area contributed by atoms with E-state index >= 15 is 0 Å². The highest BCUT2D eigenvalue weighted by molar-refractivity contribution is 5.90. The van der Waals surface area contributed by atoms with Crippen LogP contribution in [-0.2, 0) is 29.1 Å². The molecule has 6 nitrogen and oxygen atoms in total. The molecule has 2 atom stereocenters. The van der Waals surface area contributed by atoms with Crippen LogP contribution in [0.2, 0.25) is 0 Å². The second kappa shape index (κ2) is 11.7. The normalized spacial score (nSPS) is 15.9. The zero-order valence-electron chi connectivity index (χ0n) is 18.3. The average molecular weight is 446 g/mol. The van der Waals surface area contributed by atoms with E-state index < -0.39 is 6.04 Å². The van der Waals surface area contributed by atoms with Crippen molar-refractivity contribution in [2.75, 3.05) is 7.11 Å². The molecule has 2 unspecified atom stereocenters. The summed E-state index contributed by atoms with van der Waals surface area (Å²) in [5.74, 6) is 0.682. The van der Waals surface area contributed by atoms with Gasteiger partial charge in [0.05, 0.1) is 13.2 Å². The first-order valence-electron chi connectivity index (χ1n) is 10.5. The Labute approximate surface area is 190 Å². The number of hydrogen-bond acceptors (Lipinski definition) is 4. The van der Waals surface area contributed by atoms with Crippen molar-refractivity contribution >= 4 is 24.2 Å². The molecule has 2 aromatic rings. The van der Waals surface area contributed by atoms with Crippen LogP contribution in [-0.4, -0.2) is 31.0 Å². The third kappa shape index (κ3) is 6.71. The highest BCUT2D eigenvalue weighted by atomic mass is 35.5. The van der Waals surface area contributed by atoms with Crippen molar-refractivity contribution < 1.29 is 14.3 Å². The van der Waals surface area contributed by atoms with Gasteiger partial charge >= 0.3 is 0 Å². The molecule has 3 N–H and O–H groups in total. The number of carbonyl (C=O) groups excluding carboxylic acids is 2. The van der Waals surface area contributed by atoms with Crippen molar-refractivity contribution in [1.82, 2.24) is 16.0 Å². The molecular weight excluding hydrogens is 414 g/mol. The molecule has 1 aliphatic heterocycles. The third-order valence-corrected chi connectivity index (χ3v) is 5.38. The molecule has 7 heteroatoms. The van der Waals surface area contributed by atoms with E-state index in [2.05, 4.69) is 28.1 Å². The summed E-state index contributed by atoms with van der Waals surface area (Å²) in [4.78, 5) is 25.8. The molecule has 2 amide bonds. The van der Waals surface area contributed by atoms with Crippen LogP contribution in [0.25, 0.3) is 0 Å². The van der Waals surface area contributed by atoms with Gasteiger partial charge in [0.1, 0.15) is 11.8 Å². The van der Waals surface area contributed by atoms with Crippen molar-refractivity contribution in [2.24, 2.45) is 5.92 Å². The van der Waals surface area contributed by atoms with Crippen LogP contribution in [0.1, 0.15) is 37.0 Å². The number of nitrogens with one attached hydrogen (secondary N) is 3. The fraction of sp³-hybridized carbons (Fsp3) is 0.417. The highest BCUT2D eigenvalue weighted by Gasteiger charge is 2.28. The van der Waals surface area contributed by atoms with Gasteiger partial charge in [-0.1, -0.05) is 56.3 Å². The summed E-state index contributed by atoms with van der Waals surface area (Å²) >= 11 is 0. The zero-order chi connectivity index (χ0) is 21.5. The molecule has 0 saturated heterocycles. The lowest BCUT2D eigenvalue weighted by molar-refractivity contribution is -0.130. The molecule has 0 bridgehead atoms. The number of benzene rings is 2. The fourth-order valence-electron chi connectivity index (χ4n) is 3.77. The van der Waals surface area contributed by atoms with Gasteiger partial charge in [-0.2, -0.15) is 0 Å². The first-order valence-corrected chi connectivity index (χ1v) is 10.5. The quantitative estimate of drug-likeness (QED) is 0.583. The molecule has 2 aromatic carbocycles. The van der Waals surface area contributed by atoms with Gasteiger partial charge in [0.15, 0.2) is 0 Å². The van der Waals surface area contributed by atoms with Gasteiger partial charge in [0.25, 0.3) is 0 Å².